The molecule has 26 heavy (non-hydrogen) atoms. The lowest BCUT2D eigenvalue weighted by molar-refractivity contribution is -0.0246. The summed E-state index contributed by atoms with van der Waals surface area (Å²) in [6, 6.07) is 11.5. The van der Waals surface area contributed by atoms with Gasteiger partial charge in [0.25, 0.3) is 5.91 Å². The Morgan fingerprint density at radius 1 is 1.35 bits per heavy atom. The van der Waals surface area contributed by atoms with E-state index in [9.17, 15) is 4.79 Å². The Morgan fingerprint density at radius 3 is 3.04 bits per heavy atom. The van der Waals surface area contributed by atoms with Crippen LogP contribution in [0.2, 0.25) is 0 Å². The average molecular weight is 355 g/mol. The Kier molecular flexibility index (Phi) is 6.20. The van der Waals surface area contributed by atoms with Gasteiger partial charge in [0, 0.05) is 32.0 Å². The second kappa shape index (κ2) is 8.78. The Hall–Kier alpha value is -2.44. The van der Waals surface area contributed by atoms with Crippen molar-refractivity contribution in [3.8, 4) is 0 Å². The second-order valence-electron chi connectivity index (χ2n) is 6.50. The summed E-state index contributed by atoms with van der Waals surface area (Å²) in [6.07, 6.45) is 3.44. The van der Waals surface area contributed by atoms with Gasteiger partial charge in [0.05, 0.1) is 19.3 Å². The van der Waals surface area contributed by atoms with Crippen molar-refractivity contribution in [1.82, 2.24) is 9.88 Å². The van der Waals surface area contributed by atoms with Crippen molar-refractivity contribution in [2.75, 3.05) is 32.5 Å². The van der Waals surface area contributed by atoms with E-state index in [2.05, 4.69) is 4.98 Å². The molecule has 2 N–H and O–H groups in total. The lowest BCUT2D eigenvalue weighted by Crippen LogP contribution is -2.45. The number of hydrogen-bond acceptors (Lipinski definition) is 5. The smallest absolute Gasteiger partial charge is 0.254 e. The van der Waals surface area contributed by atoms with Crippen LogP contribution in [0.5, 0.6) is 0 Å². The molecule has 1 aromatic carbocycles. The van der Waals surface area contributed by atoms with Gasteiger partial charge in [-0.05, 0) is 48.2 Å². The zero-order valence-corrected chi connectivity index (χ0v) is 15.1. The van der Waals surface area contributed by atoms with Crippen LogP contribution in [0.4, 0.5) is 5.82 Å². The van der Waals surface area contributed by atoms with E-state index in [1.54, 1.807) is 13.3 Å². The van der Waals surface area contributed by atoms with Gasteiger partial charge in [-0.3, -0.25) is 4.79 Å². The number of hydrogen-bond donors (Lipinski definition) is 1. The summed E-state index contributed by atoms with van der Waals surface area (Å²) < 4.78 is 11.0. The van der Waals surface area contributed by atoms with E-state index in [1.807, 2.05) is 41.3 Å². The van der Waals surface area contributed by atoms with Crippen molar-refractivity contribution < 1.29 is 14.3 Å². The highest BCUT2D eigenvalue weighted by Crippen LogP contribution is 2.16. The van der Waals surface area contributed by atoms with Crippen molar-refractivity contribution >= 4 is 11.7 Å². The molecule has 0 aliphatic carbocycles. The zero-order valence-electron chi connectivity index (χ0n) is 15.1. The number of amides is 1. The maximum absolute atomic E-state index is 12.8. The van der Waals surface area contributed by atoms with Gasteiger partial charge >= 0.3 is 0 Å². The third kappa shape index (κ3) is 4.80. The molecule has 0 radical (unpaired) electrons. The molecule has 1 aliphatic heterocycles. The third-order valence-corrected chi connectivity index (χ3v) is 4.51. The molecule has 0 spiro atoms. The highest BCUT2D eigenvalue weighted by Gasteiger charge is 2.25. The Labute approximate surface area is 153 Å². The molecule has 6 heteroatoms. The summed E-state index contributed by atoms with van der Waals surface area (Å²) in [7, 11) is 1.65. The van der Waals surface area contributed by atoms with Gasteiger partial charge in [0.1, 0.15) is 5.82 Å². The molecule has 1 amide bonds. The fraction of sp³-hybridized carbons (Fsp3) is 0.400. The molecule has 3 rings (SSSR count). The second-order valence-corrected chi connectivity index (χ2v) is 6.50. The molecule has 0 unspecified atom stereocenters. The summed E-state index contributed by atoms with van der Waals surface area (Å²) >= 11 is 0. The zero-order chi connectivity index (χ0) is 18.4. The maximum atomic E-state index is 12.8. The van der Waals surface area contributed by atoms with Crippen LogP contribution in [0, 0.1) is 0 Å². The number of carbonyl (C=O) groups excluding carboxylic acids is 1. The van der Waals surface area contributed by atoms with E-state index < -0.39 is 0 Å². The van der Waals surface area contributed by atoms with Crippen LogP contribution in [0.25, 0.3) is 0 Å². The number of nitrogen functional groups attached to an aromatic ring is 1. The van der Waals surface area contributed by atoms with Crippen LogP contribution in [0.1, 0.15) is 27.9 Å². The monoisotopic (exact) mass is 355 g/mol. The first-order valence-electron chi connectivity index (χ1n) is 8.85. The summed E-state index contributed by atoms with van der Waals surface area (Å²) in [4.78, 5) is 18.7. The Morgan fingerprint density at radius 2 is 2.23 bits per heavy atom. The number of aryl methyl sites for hydroxylation is 1. The van der Waals surface area contributed by atoms with E-state index in [1.165, 1.54) is 0 Å². The number of rotatable bonds is 6. The molecular formula is C20H25N3O3. The number of nitrogens with two attached hydrogens (primary N) is 1. The summed E-state index contributed by atoms with van der Waals surface area (Å²) in [5.74, 6) is 0.573. The minimum absolute atomic E-state index is 0.0317. The predicted octanol–water partition coefficient (Wildman–Crippen LogP) is 2.28. The van der Waals surface area contributed by atoms with Crippen molar-refractivity contribution in [3.05, 3.63) is 59.3 Å². The fourth-order valence-electron chi connectivity index (χ4n) is 3.20. The van der Waals surface area contributed by atoms with E-state index in [-0.39, 0.29) is 12.0 Å². The van der Waals surface area contributed by atoms with Gasteiger partial charge in [-0.2, -0.15) is 0 Å². The van der Waals surface area contributed by atoms with Crippen molar-refractivity contribution in [3.63, 3.8) is 0 Å². The quantitative estimate of drug-likeness (QED) is 0.860. The van der Waals surface area contributed by atoms with Crippen molar-refractivity contribution in [2.45, 2.75) is 25.6 Å². The van der Waals surface area contributed by atoms with Crippen molar-refractivity contribution in [2.24, 2.45) is 0 Å². The minimum atomic E-state index is 0.0317. The number of ether oxygens (including phenoxy) is 2. The Bertz CT molecular complexity index is 751. The number of methoxy groups -OCH3 is 1. The maximum Gasteiger partial charge on any atom is 0.254 e. The standard InChI is InChI=1S/C20H25N3O3/c1-25-14-16-3-2-4-17(11-16)20(24)23-9-10-26-18(13-23)6-5-15-7-8-22-19(21)12-15/h2-4,7-8,11-12,18H,5-6,9-10,13-14H2,1H3,(H2,21,22)/t18-/m0/s1. The molecule has 2 heterocycles. The van der Waals surface area contributed by atoms with Crippen LogP contribution >= 0.6 is 0 Å². The number of benzene rings is 1. The molecule has 6 nitrogen and oxygen atoms in total. The normalized spacial score (nSPS) is 17.3. The van der Waals surface area contributed by atoms with Crippen LogP contribution in [-0.4, -0.2) is 48.7 Å². The molecule has 1 saturated heterocycles. The summed E-state index contributed by atoms with van der Waals surface area (Å²) in [6.45, 7) is 2.29. The largest absolute Gasteiger partial charge is 0.384 e. The molecule has 1 atom stereocenters. The van der Waals surface area contributed by atoms with Gasteiger partial charge in [-0.25, -0.2) is 4.98 Å². The fourth-order valence-corrected chi connectivity index (χ4v) is 3.20. The van der Waals surface area contributed by atoms with Crippen LogP contribution in [-0.2, 0) is 22.5 Å². The number of anilines is 1. The van der Waals surface area contributed by atoms with Gasteiger partial charge < -0.3 is 20.1 Å². The molecule has 1 aliphatic rings. The molecule has 1 fully saturated rings. The first-order valence-corrected chi connectivity index (χ1v) is 8.85. The van der Waals surface area contributed by atoms with Crippen molar-refractivity contribution in [1.29, 1.82) is 0 Å². The highest BCUT2D eigenvalue weighted by atomic mass is 16.5. The van der Waals surface area contributed by atoms with Crippen LogP contribution in [0.15, 0.2) is 42.6 Å². The molecule has 0 saturated carbocycles. The highest BCUT2D eigenvalue weighted by molar-refractivity contribution is 5.94. The van der Waals surface area contributed by atoms with E-state index >= 15 is 0 Å². The predicted molar refractivity (Wildman–Crippen MR) is 99.8 cm³/mol. The lowest BCUT2D eigenvalue weighted by Gasteiger charge is -2.33. The number of carbonyl (C=O) groups is 1. The van der Waals surface area contributed by atoms with E-state index in [0.29, 0.717) is 37.7 Å². The summed E-state index contributed by atoms with van der Waals surface area (Å²) in [5, 5.41) is 0. The molecular weight excluding hydrogens is 330 g/mol. The number of nitrogens with zero attached hydrogens (tertiary/aromatic N) is 2. The number of morpholine rings is 1. The molecule has 2 aromatic rings. The number of aromatic nitrogens is 1. The lowest BCUT2D eigenvalue weighted by atomic mass is 10.1. The van der Waals surface area contributed by atoms with E-state index in [4.69, 9.17) is 15.2 Å². The SMILES string of the molecule is COCc1cccc(C(=O)N2CCO[C@@H](CCc3ccnc(N)c3)C2)c1. The molecule has 1 aromatic heterocycles. The molecule has 138 valence electrons. The summed E-state index contributed by atoms with van der Waals surface area (Å²) in [5.41, 5.74) is 8.55. The third-order valence-electron chi connectivity index (χ3n) is 4.51. The Balaban J connectivity index is 1.59. The topological polar surface area (TPSA) is 77.7 Å². The number of pyridine rings is 1. The minimum Gasteiger partial charge on any atom is -0.384 e. The van der Waals surface area contributed by atoms with Gasteiger partial charge in [0.2, 0.25) is 0 Å². The molecule has 0 bridgehead atoms. The average Bonchev–Trinajstić information content (AvgIpc) is 2.67. The van der Waals surface area contributed by atoms with Gasteiger partial charge in [-0.15, -0.1) is 0 Å². The first kappa shape index (κ1) is 18.4. The van der Waals surface area contributed by atoms with Crippen LogP contribution < -0.4 is 5.73 Å². The van der Waals surface area contributed by atoms with Gasteiger partial charge in [0.15, 0.2) is 0 Å². The first-order chi connectivity index (χ1) is 12.7. The van der Waals surface area contributed by atoms with Gasteiger partial charge in [-0.1, -0.05) is 12.1 Å². The van der Waals surface area contributed by atoms with E-state index in [0.717, 1.165) is 24.0 Å². The van der Waals surface area contributed by atoms with Crippen LogP contribution in [0.3, 0.4) is 0 Å².